The van der Waals surface area contributed by atoms with Crippen LogP contribution in [0.3, 0.4) is 0 Å². The Morgan fingerprint density at radius 3 is 2.60 bits per heavy atom. The van der Waals surface area contributed by atoms with Crippen LogP contribution in [0.2, 0.25) is 0 Å². The number of likely N-dealkylation sites (tertiary alicyclic amines) is 1. The number of primary amides is 1. The first kappa shape index (κ1) is 28.3. The Balaban J connectivity index is 1.48. The van der Waals surface area contributed by atoms with Crippen molar-refractivity contribution in [3.05, 3.63) is 77.5 Å². The van der Waals surface area contributed by atoms with Crippen LogP contribution in [0.15, 0.2) is 60.3 Å². The van der Waals surface area contributed by atoms with Gasteiger partial charge in [0.05, 0.1) is 11.7 Å². The molecule has 40 heavy (non-hydrogen) atoms. The number of anilines is 1. The molecule has 0 spiro atoms. The number of nitrogens with two attached hydrogens (primary N) is 1. The van der Waals surface area contributed by atoms with Crippen LogP contribution < -0.4 is 21.7 Å². The van der Waals surface area contributed by atoms with Gasteiger partial charge in [-0.05, 0) is 44.0 Å². The summed E-state index contributed by atoms with van der Waals surface area (Å²) in [5.41, 5.74) is 7.75. The number of allylic oxidation sites excluding steroid dienone is 1. The number of H-pyrrole nitrogens is 1. The molecule has 3 aromatic rings. The van der Waals surface area contributed by atoms with Crippen molar-refractivity contribution in [1.82, 2.24) is 20.5 Å². The molecule has 6 N–H and O–H groups in total. The summed E-state index contributed by atoms with van der Waals surface area (Å²) < 4.78 is 27.1. The zero-order valence-electron chi connectivity index (χ0n) is 22.0. The normalized spacial score (nSPS) is 17.2. The summed E-state index contributed by atoms with van der Waals surface area (Å²) in [5, 5.41) is 8.48. The van der Waals surface area contributed by atoms with Gasteiger partial charge in [0.15, 0.2) is 0 Å². The van der Waals surface area contributed by atoms with Crippen LogP contribution in [0.25, 0.3) is 10.9 Å². The second-order valence-corrected chi connectivity index (χ2v) is 9.91. The van der Waals surface area contributed by atoms with Gasteiger partial charge in [0.2, 0.25) is 17.7 Å². The summed E-state index contributed by atoms with van der Waals surface area (Å²) in [6.07, 6.45) is 3.28. The Morgan fingerprint density at radius 2 is 1.90 bits per heavy atom. The minimum absolute atomic E-state index is 0.0102. The van der Waals surface area contributed by atoms with Crippen molar-refractivity contribution in [2.24, 2.45) is 5.73 Å². The minimum atomic E-state index is -1.05. The van der Waals surface area contributed by atoms with E-state index in [0.29, 0.717) is 11.6 Å². The lowest BCUT2D eigenvalue weighted by atomic mass is 10.0. The number of urea groups is 1. The first-order valence-corrected chi connectivity index (χ1v) is 12.6. The van der Waals surface area contributed by atoms with Gasteiger partial charge in [-0.2, -0.15) is 0 Å². The Kier molecular flexibility index (Phi) is 8.46. The second-order valence-electron chi connectivity index (χ2n) is 9.91. The van der Waals surface area contributed by atoms with Crippen LogP contribution in [-0.4, -0.2) is 58.3 Å². The predicted molar refractivity (Wildman–Crippen MR) is 145 cm³/mol. The van der Waals surface area contributed by atoms with Gasteiger partial charge in [0.25, 0.3) is 0 Å². The number of halogens is 2. The summed E-state index contributed by atoms with van der Waals surface area (Å²) in [4.78, 5) is 55.6. The van der Waals surface area contributed by atoms with E-state index in [-0.39, 0.29) is 25.1 Å². The number of benzene rings is 2. The third-order valence-electron chi connectivity index (χ3n) is 6.57. The van der Waals surface area contributed by atoms with E-state index in [2.05, 4.69) is 20.9 Å². The Bertz CT molecular complexity index is 1480. The van der Waals surface area contributed by atoms with E-state index < -0.39 is 53.5 Å². The lowest BCUT2D eigenvalue weighted by Gasteiger charge is -2.25. The molecule has 210 valence electrons. The number of para-hydroxylation sites is 1. The van der Waals surface area contributed by atoms with E-state index in [1.165, 1.54) is 11.0 Å². The monoisotopic (exact) mass is 552 g/mol. The number of amides is 5. The number of rotatable bonds is 8. The summed E-state index contributed by atoms with van der Waals surface area (Å²) in [6, 6.07) is 6.69. The van der Waals surface area contributed by atoms with Gasteiger partial charge in [-0.1, -0.05) is 23.8 Å². The van der Waals surface area contributed by atoms with Crippen LogP contribution in [0.4, 0.5) is 19.3 Å². The van der Waals surface area contributed by atoms with E-state index in [9.17, 15) is 28.0 Å². The lowest BCUT2D eigenvalue weighted by Crippen LogP contribution is -2.52. The van der Waals surface area contributed by atoms with Gasteiger partial charge in [-0.25, -0.2) is 13.6 Å². The van der Waals surface area contributed by atoms with Gasteiger partial charge in [-0.3, -0.25) is 14.4 Å². The van der Waals surface area contributed by atoms with Crippen molar-refractivity contribution < 1.29 is 28.0 Å². The van der Waals surface area contributed by atoms with Crippen molar-refractivity contribution in [2.75, 3.05) is 11.9 Å². The van der Waals surface area contributed by atoms with Crippen molar-refractivity contribution >= 4 is 40.3 Å². The average Bonchev–Trinajstić information content (AvgIpc) is 3.49. The van der Waals surface area contributed by atoms with Crippen molar-refractivity contribution in [1.29, 1.82) is 0 Å². The molecule has 1 aliphatic heterocycles. The van der Waals surface area contributed by atoms with E-state index in [0.717, 1.165) is 28.6 Å². The molecule has 4 rings (SSSR count). The van der Waals surface area contributed by atoms with E-state index >= 15 is 0 Å². The fraction of sp³-hybridized carbons (Fsp3) is 0.286. The van der Waals surface area contributed by atoms with Gasteiger partial charge in [0, 0.05) is 42.2 Å². The molecule has 1 saturated heterocycles. The van der Waals surface area contributed by atoms with Gasteiger partial charge < -0.3 is 31.6 Å². The van der Waals surface area contributed by atoms with Crippen LogP contribution in [0.1, 0.15) is 25.8 Å². The first-order valence-electron chi connectivity index (χ1n) is 12.6. The van der Waals surface area contributed by atoms with Crippen molar-refractivity contribution in [2.45, 2.75) is 44.8 Å². The molecule has 10 nitrogen and oxygen atoms in total. The Morgan fingerprint density at radius 1 is 1.15 bits per heavy atom. The molecular formula is C28H30F2N6O4. The zero-order valence-corrected chi connectivity index (χ0v) is 22.0. The number of fused-ring (bicyclic) bond motifs is 1. The topological polar surface area (TPSA) is 149 Å². The third-order valence-corrected chi connectivity index (χ3v) is 6.57. The summed E-state index contributed by atoms with van der Waals surface area (Å²) in [5.74, 6) is -3.53. The SMILES string of the molecule is CC(C)=CC(=O)N1C[C@@H](NC(=O)Nc2ccc(F)cc2F)C[C@H]1C(=O)N[C@H](Cc1c[nH]c2ccccc12)C(N)=O. The molecule has 12 heteroatoms. The summed E-state index contributed by atoms with van der Waals surface area (Å²) >= 11 is 0. The van der Waals surface area contributed by atoms with Gasteiger partial charge >= 0.3 is 6.03 Å². The molecule has 0 bridgehead atoms. The molecule has 0 radical (unpaired) electrons. The van der Waals surface area contributed by atoms with E-state index in [4.69, 9.17) is 5.73 Å². The standard InChI is InChI=1S/C28H30F2N6O4/c1-15(2)9-25(37)36-14-18(33-28(40)35-22-8-7-17(29)11-20(22)30)12-24(36)27(39)34-23(26(31)38)10-16-13-32-21-6-4-3-5-19(16)21/h3-9,11,13,18,23-24,32H,10,12,14H2,1-2H3,(H2,31,38)(H,34,39)(H2,33,35,40)/t18-,23+,24-/m0/s1. The molecule has 0 unspecified atom stereocenters. The summed E-state index contributed by atoms with van der Waals surface area (Å²) in [6.45, 7) is 3.45. The number of carbonyl (C=O) groups is 4. The maximum Gasteiger partial charge on any atom is 0.319 e. The van der Waals surface area contributed by atoms with Crippen LogP contribution in [0.5, 0.6) is 0 Å². The minimum Gasteiger partial charge on any atom is -0.368 e. The molecule has 0 saturated carbocycles. The highest BCUT2D eigenvalue weighted by atomic mass is 19.1. The fourth-order valence-corrected chi connectivity index (χ4v) is 4.71. The maximum atomic E-state index is 14.0. The largest absolute Gasteiger partial charge is 0.368 e. The fourth-order valence-electron chi connectivity index (χ4n) is 4.71. The Labute approximate surface area is 229 Å². The number of hydrogen-bond donors (Lipinski definition) is 5. The second kappa shape index (κ2) is 12.0. The van der Waals surface area contributed by atoms with Gasteiger partial charge in [0.1, 0.15) is 23.7 Å². The number of carbonyl (C=O) groups excluding carboxylic acids is 4. The quantitative estimate of drug-likeness (QED) is 0.273. The molecule has 1 aliphatic rings. The predicted octanol–water partition coefficient (Wildman–Crippen LogP) is 2.72. The molecule has 1 fully saturated rings. The highest BCUT2D eigenvalue weighted by molar-refractivity contribution is 5.96. The molecular weight excluding hydrogens is 522 g/mol. The molecule has 2 aromatic carbocycles. The highest BCUT2D eigenvalue weighted by Crippen LogP contribution is 2.22. The number of aromatic amines is 1. The smallest absolute Gasteiger partial charge is 0.319 e. The molecule has 1 aromatic heterocycles. The van der Waals surface area contributed by atoms with E-state index in [1.54, 1.807) is 20.0 Å². The highest BCUT2D eigenvalue weighted by Gasteiger charge is 2.40. The van der Waals surface area contributed by atoms with Crippen LogP contribution >= 0.6 is 0 Å². The third kappa shape index (κ3) is 6.63. The van der Waals surface area contributed by atoms with E-state index in [1.807, 2.05) is 24.3 Å². The first-order chi connectivity index (χ1) is 19.0. The number of nitrogens with one attached hydrogen (secondary N) is 4. The lowest BCUT2D eigenvalue weighted by molar-refractivity contribution is -0.136. The maximum absolute atomic E-state index is 14.0. The number of nitrogens with zero attached hydrogens (tertiary/aromatic N) is 1. The van der Waals surface area contributed by atoms with Crippen LogP contribution in [-0.2, 0) is 20.8 Å². The molecule has 5 amide bonds. The van der Waals surface area contributed by atoms with Crippen molar-refractivity contribution in [3.8, 4) is 0 Å². The number of aromatic nitrogens is 1. The van der Waals surface area contributed by atoms with Crippen molar-refractivity contribution in [3.63, 3.8) is 0 Å². The molecule has 0 aliphatic carbocycles. The van der Waals surface area contributed by atoms with Gasteiger partial charge in [-0.15, -0.1) is 0 Å². The molecule has 3 atom stereocenters. The Hall–Kier alpha value is -4.74. The molecule has 2 heterocycles. The number of hydrogen-bond acceptors (Lipinski definition) is 4. The average molecular weight is 553 g/mol. The van der Waals surface area contributed by atoms with Crippen LogP contribution in [0, 0.1) is 11.6 Å². The zero-order chi connectivity index (χ0) is 29.0. The summed E-state index contributed by atoms with van der Waals surface area (Å²) in [7, 11) is 0.